The summed E-state index contributed by atoms with van der Waals surface area (Å²) in [5.74, 6) is 0.484. The molecule has 16 heavy (non-hydrogen) atoms. The molecule has 0 radical (unpaired) electrons. The van der Waals surface area contributed by atoms with Crippen LogP contribution in [0.15, 0.2) is 12.4 Å². The van der Waals surface area contributed by atoms with Gasteiger partial charge in [-0.15, -0.1) is 0 Å². The lowest BCUT2D eigenvalue weighted by atomic mass is 10.1. The molecule has 1 heterocycles. The summed E-state index contributed by atoms with van der Waals surface area (Å²) in [6.45, 7) is 8.33. The van der Waals surface area contributed by atoms with Crippen molar-refractivity contribution in [2.24, 2.45) is 18.7 Å². The molecule has 0 aliphatic rings. The standard InChI is InChI=1S/C12H23N3O/c1-8(2)10(4)16-12(9(3)13)11-6-14-15(5)7-11/h6-10,12H,13H2,1-5H3. The molecular formula is C12H23N3O. The van der Waals surface area contributed by atoms with Crippen LogP contribution in [0.5, 0.6) is 0 Å². The Balaban J connectivity index is 2.76. The molecule has 4 heteroatoms. The maximum absolute atomic E-state index is 5.99. The van der Waals surface area contributed by atoms with Crippen LogP contribution in [0.2, 0.25) is 0 Å². The molecule has 1 rings (SSSR count). The molecule has 0 aliphatic carbocycles. The molecule has 3 atom stereocenters. The van der Waals surface area contributed by atoms with E-state index in [1.54, 1.807) is 4.68 Å². The number of hydrogen-bond donors (Lipinski definition) is 1. The topological polar surface area (TPSA) is 53.1 Å². The van der Waals surface area contributed by atoms with Gasteiger partial charge in [0.1, 0.15) is 6.10 Å². The molecule has 1 aromatic rings. The van der Waals surface area contributed by atoms with Crippen molar-refractivity contribution in [3.05, 3.63) is 18.0 Å². The molecule has 0 amide bonds. The fourth-order valence-corrected chi connectivity index (χ4v) is 1.48. The van der Waals surface area contributed by atoms with E-state index in [-0.39, 0.29) is 18.2 Å². The van der Waals surface area contributed by atoms with Crippen LogP contribution in [-0.4, -0.2) is 21.9 Å². The van der Waals surface area contributed by atoms with Gasteiger partial charge in [0.15, 0.2) is 0 Å². The van der Waals surface area contributed by atoms with Gasteiger partial charge in [-0.3, -0.25) is 4.68 Å². The van der Waals surface area contributed by atoms with Crippen molar-refractivity contribution in [3.8, 4) is 0 Å². The first-order chi connectivity index (χ1) is 7.41. The van der Waals surface area contributed by atoms with Crippen LogP contribution in [0.1, 0.15) is 39.4 Å². The number of hydrogen-bond acceptors (Lipinski definition) is 3. The number of ether oxygens (including phenoxy) is 1. The second-order valence-electron chi connectivity index (χ2n) is 4.81. The molecule has 0 spiro atoms. The van der Waals surface area contributed by atoms with Gasteiger partial charge in [-0.05, 0) is 19.8 Å². The zero-order valence-corrected chi connectivity index (χ0v) is 10.8. The SMILES string of the molecule is CC(C)C(C)OC(c1cnn(C)c1)C(C)N. The largest absolute Gasteiger partial charge is 0.369 e. The molecule has 1 aromatic heterocycles. The summed E-state index contributed by atoms with van der Waals surface area (Å²) in [7, 11) is 1.90. The van der Waals surface area contributed by atoms with E-state index in [0.29, 0.717) is 5.92 Å². The highest BCUT2D eigenvalue weighted by Crippen LogP contribution is 2.23. The van der Waals surface area contributed by atoms with Crippen LogP contribution in [0.4, 0.5) is 0 Å². The molecule has 2 N–H and O–H groups in total. The number of nitrogens with two attached hydrogens (primary N) is 1. The Bertz CT molecular complexity index is 320. The van der Waals surface area contributed by atoms with E-state index in [0.717, 1.165) is 5.56 Å². The molecule has 3 unspecified atom stereocenters. The minimum Gasteiger partial charge on any atom is -0.369 e. The van der Waals surface area contributed by atoms with Gasteiger partial charge in [-0.25, -0.2) is 0 Å². The van der Waals surface area contributed by atoms with E-state index in [9.17, 15) is 0 Å². The second-order valence-corrected chi connectivity index (χ2v) is 4.81. The maximum Gasteiger partial charge on any atom is 0.101 e. The summed E-state index contributed by atoms with van der Waals surface area (Å²) in [4.78, 5) is 0. The zero-order valence-electron chi connectivity index (χ0n) is 10.8. The van der Waals surface area contributed by atoms with Crippen LogP contribution >= 0.6 is 0 Å². The van der Waals surface area contributed by atoms with Gasteiger partial charge >= 0.3 is 0 Å². The maximum atomic E-state index is 5.99. The molecule has 92 valence electrons. The molecular weight excluding hydrogens is 202 g/mol. The monoisotopic (exact) mass is 225 g/mol. The first-order valence-corrected chi connectivity index (χ1v) is 5.81. The Labute approximate surface area is 97.8 Å². The summed E-state index contributed by atoms with van der Waals surface area (Å²) < 4.78 is 7.77. The highest BCUT2D eigenvalue weighted by molar-refractivity contribution is 5.10. The average Bonchev–Trinajstić information content (AvgIpc) is 2.59. The van der Waals surface area contributed by atoms with Crippen LogP contribution in [0.3, 0.4) is 0 Å². The molecule has 0 saturated carbocycles. The van der Waals surface area contributed by atoms with Gasteiger partial charge in [0.2, 0.25) is 0 Å². The van der Waals surface area contributed by atoms with Crippen molar-refractivity contribution in [1.82, 2.24) is 9.78 Å². The van der Waals surface area contributed by atoms with E-state index in [2.05, 4.69) is 25.9 Å². The van der Waals surface area contributed by atoms with Crippen LogP contribution in [-0.2, 0) is 11.8 Å². The van der Waals surface area contributed by atoms with Gasteiger partial charge < -0.3 is 10.5 Å². The Kier molecular flexibility index (Phi) is 4.50. The molecule has 4 nitrogen and oxygen atoms in total. The summed E-state index contributed by atoms with van der Waals surface area (Å²) in [5.41, 5.74) is 7.01. The second kappa shape index (κ2) is 5.46. The zero-order chi connectivity index (χ0) is 12.3. The van der Waals surface area contributed by atoms with Crippen molar-refractivity contribution >= 4 is 0 Å². The highest BCUT2D eigenvalue weighted by atomic mass is 16.5. The Morgan fingerprint density at radius 2 is 1.94 bits per heavy atom. The Morgan fingerprint density at radius 3 is 2.31 bits per heavy atom. The molecule has 0 fully saturated rings. The number of rotatable bonds is 5. The van der Waals surface area contributed by atoms with Crippen LogP contribution in [0.25, 0.3) is 0 Å². The average molecular weight is 225 g/mol. The lowest BCUT2D eigenvalue weighted by molar-refractivity contribution is -0.0364. The van der Waals surface area contributed by atoms with Crippen LogP contribution in [0, 0.1) is 5.92 Å². The molecule has 0 aliphatic heterocycles. The molecule has 0 aromatic carbocycles. The molecule has 0 bridgehead atoms. The predicted molar refractivity (Wildman–Crippen MR) is 65.0 cm³/mol. The number of nitrogens with zero attached hydrogens (tertiary/aromatic N) is 2. The minimum absolute atomic E-state index is 0.0367. The van der Waals surface area contributed by atoms with Crippen molar-refractivity contribution in [3.63, 3.8) is 0 Å². The third-order valence-electron chi connectivity index (χ3n) is 2.83. The summed E-state index contributed by atoms with van der Waals surface area (Å²) in [5, 5.41) is 4.15. The van der Waals surface area contributed by atoms with Crippen molar-refractivity contribution < 1.29 is 4.74 Å². The third-order valence-corrected chi connectivity index (χ3v) is 2.83. The van der Waals surface area contributed by atoms with Gasteiger partial charge in [0.05, 0.1) is 12.3 Å². The van der Waals surface area contributed by atoms with Crippen molar-refractivity contribution in [2.45, 2.75) is 45.9 Å². The lowest BCUT2D eigenvalue weighted by Crippen LogP contribution is -2.31. The smallest absolute Gasteiger partial charge is 0.101 e. The van der Waals surface area contributed by atoms with Gasteiger partial charge in [-0.2, -0.15) is 5.10 Å². The predicted octanol–water partition coefficient (Wildman–Crippen LogP) is 1.87. The minimum atomic E-state index is -0.0777. The third kappa shape index (κ3) is 3.32. The number of aryl methyl sites for hydroxylation is 1. The fraction of sp³-hybridized carbons (Fsp3) is 0.750. The lowest BCUT2D eigenvalue weighted by Gasteiger charge is -2.26. The Morgan fingerprint density at radius 1 is 1.31 bits per heavy atom. The summed E-state index contributed by atoms with van der Waals surface area (Å²) >= 11 is 0. The van der Waals surface area contributed by atoms with Gasteiger partial charge in [-0.1, -0.05) is 13.8 Å². The number of aromatic nitrogens is 2. The van der Waals surface area contributed by atoms with E-state index >= 15 is 0 Å². The van der Waals surface area contributed by atoms with E-state index in [4.69, 9.17) is 10.5 Å². The first-order valence-electron chi connectivity index (χ1n) is 5.81. The molecule has 0 saturated heterocycles. The highest BCUT2D eigenvalue weighted by Gasteiger charge is 2.22. The van der Waals surface area contributed by atoms with Crippen molar-refractivity contribution in [2.75, 3.05) is 0 Å². The van der Waals surface area contributed by atoms with Gasteiger partial charge in [0, 0.05) is 24.8 Å². The van der Waals surface area contributed by atoms with Crippen molar-refractivity contribution in [1.29, 1.82) is 0 Å². The van der Waals surface area contributed by atoms with E-state index < -0.39 is 0 Å². The van der Waals surface area contributed by atoms with E-state index in [1.165, 1.54) is 0 Å². The summed E-state index contributed by atoms with van der Waals surface area (Å²) in [6.07, 6.45) is 3.89. The Hall–Kier alpha value is -0.870. The summed E-state index contributed by atoms with van der Waals surface area (Å²) in [6, 6.07) is -0.0367. The van der Waals surface area contributed by atoms with Gasteiger partial charge in [0.25, 0.3) is 0 Å². The van der Waals surface area contributed by atoms with Crippen LogP contribution < -0.4 is 5.73 Å². The normalized spacial score (nSPS) is 17.4. The van der Waals surface area contributed by atoms with E-state index in [1.807, 2.05) is 26.4 Å². The first kappa shape index (κ1) is 13.2. The quantitative estimate of drug-likeness (QED) is 0.832. The fourth-order valence-electron chi connectivity index (χ4n) is 1.48.